The van der Waals surface area contributed by atoms with Gasteiger partial charge in [0.1, 0.15) is 17.2 Å². The van der Waals surface area contributed by atoms with Crippen LogP contribution < -0.4 is 10.1 Å². The van der Waals surface area contributed by atoms with Gasteiger partial charge in [-0.25, -0.2) is 0 Å². The van der Waals surface area contributed by atoms with Gasteiger partial charge in [0, 0.05) is 18.7 Å². The predicted molar refractivity (Wildman–Crippen MR) is 114 cm³/mol. The van der Waals surface area contributed by atoms with E-state index in [0.717, 1.165) is 18.2 Å². The summed E-state index contributed by atoms with van der Waals surface area (Å²) in [6, 6.07) is 6.33. The number of rotatable bonds is 11. The lowest BCUT2D eigenvalue weighted by Gasteiger charge is -2.17. The maximum atomic E-state index is 12.8. The first-order valence-electron chi connectivity index (χ1n) is 9.44. The third-order valence-corrected chi connectivity index (χ3v) is 6.37. The normalized spacial score (nSPS) is 11.9. The zero-order chi connectivity index (χ0) is 23.9. The lowest BCUT2D eigenvalue weighted by molar-refractivity contribution is -0.384. The monoisotopic (exact) mass is 496 g/mol. The molecular formula is C19H21ClF3N2O6P. The average molecular weight is 497 g/mol. The molecule has 2 aromatic rings. The van der Waals surface area contributed by atoms with Crippen LogP contribution >= 0.6 is 19.2 Å². The van der Waals surface area contributed by atoms with Gasteiger partial charge in [-0.05, 0) is 38.1 Å². The predicted octanol–water partition coefficient (Wildman–Crippen LogP) is 6.74. The van der Waals surface area contributed by atoms with Gasteiger partial charge in [0.15, 0.2) is 0 Å². The summed E-state index contributed by atoms with van der Waals surface area (Å²) in [5, 5.41) is 13.9. The van der Waals surface area contributed by atoms with Crippen molar-refractivity contribution in [2.45, 2.75) is 20.0 Å². The smallest absolute Gasteiger partial charge is 0.416 e. The van der Waals surface area contributed by atoms with Crippen molar-refractivity contribution in [2.24, 2.45) is 0 Å². The highest BCUT2D eigenvalue weighted by Gasteiger charge is 2.31. The van der Waals surface area contributed by atoms with Crippen LogP contribution in [0.4, 0.5) is 24.5 Å². The Labute approximate surface area is 187 Å². The van der Waals surface area contributed by atoms with E-state index in [-0.39, 0.29) is 53.8 Å². The Morgan fingerprint density at radius 3 is 2.31 bits per heavy atom. The summed E-state index contributed by atoms with van der Waals surface area (Å²) >= 11 is 5.89. The molecule has 0 fully saturated rings. The molecule has 13 heteroatoms. The minimum atomic E-state index is -4.56. The molecule has 2 rings (SSSR count). The molecule has 32 heavy (non-hydrogen) atoms. The van der Waals surface area contributed by atoms with E-state index in [2.05, 4.69) is 5.32 Å². The van der Waals surface area contributed by atoms with Gasteiger partial charge >= 0.3 is 13.8 Å². The standard InChI is InChI=1S/C19H21ClF3N2O6P/c1-3-29-32(28,30-4-2)10-9-24-16-12-14(6-7-17(16)25(26)27)31-18-8-5-13(11-15(18)20)19(21,22)23/h5-8,11-12,24H,3-4,9-10H2,1-2H3. The number of nitro benzene ring substituents is 1. The van der Waals surface area contributed by atoms with Crippen LogP contribution in [0.15, 0.2) is 36.4 Å². The van der Waals surface area contributed by atoms with Crippen LogP contribution in [0, 0.1) is 10.1 Å². The summed E-state index contributed by atoms with van der Waals surface area (Å²) in [4.78, 5) is 10.7. The van der Waals surface area contributed by atoms with Crippen molar-refractivity contribution >= 4 is 30.6 Å². The molecule has 2 aromatic carbocycles. The lowest BCUT2D eigenvalue weighted by atomic mass is 10.2. The zero-order valence-electron chi connectivity index (χ0n) is 17.1. The van der Waals surface area contributed by atoms with Crippen molar-refractivity contribution in [3.8, 4) is 11.5 Å². The topological polar surface area (TPSA) is 99.9 Å². The molecule has 0 aliphatic heterocycles. The van der Waals surface area contributed by atoms with Crippen LogP contribution in [0.2, 0.25) is 5.02 Å². The number of benzene rings is 2. The summed E-state index contributed by atoms with van der Waals surface area (Å²) in [6.07, 6.45) is -4.60. The average Bonchev–Trinajstić information content (AvgIpc) is 2.69. The number of hydrogen-bond donors (Lipinski definition) is 1. The van der Waals surface area contributed by atoms with Gasteiger partial charge in [-0.2, -0.15) is 13.2 Å². The Kier molecular flexibility index (Phi) is 8.91. The lowest BCUT2D eigenvalue weighted by Crippen LogP contribution is -2.11. The van der Waals surface area contributed by atoms with Crippen LogP contribution in [-0.4, -0.2) is 30.8 Å². The van der Waals surface area contributed by atoms with E-state index in [1.54, 1.807) is 13.8 Å². The van der Waals surface area contributed by atoms with Crippen molar-refractivity contribution in [3.63, 3.8) is 0 Å². The second kappa shape index (κ2) is 11.0. The van der Waals surface area contributed by atoms with Crippen molar-refractivity contribution in [3.05, 3.63) is 57.1 Å². The molecule has 0 radical (unpaired) electrons. The molecule has 0 spiro atoms. The molecule has 0 aliphatic carbocycles. The summed E-state index contributed by atoms with van der Waals surface area (Å²) in [5.41, 5.74) is -1.16. The van der Waals surface area contributed by atoms with Crippen molar-refractivity contribution in [2.75, 3.05) is 31.2 Å². The second-order valence-electron chi connectivity index (χ2n) is 6.28. The molecule has 0 atom stereocenters. The Hall–Kier alpha value is -2.33. The summed E-state index contributed by atoms with van der Waals surface area (Å²) in [7, 11) is -3.36. The number of hydrogen-bond acceptors (Lipinski definition) is 7. The Morgan fingerprint density at radius 2 is 1.78 bits per heavy atom. The Bertz CT molecular complexity index is 996. The quantitative estimate of drug-likeness (QED) is 0.209. The van der Waals surface area contributed by atoms with Gasteiger partial charge in [-0.15, -0.1) is 0 Å². The van der Waals surface area contributed by atoms with Crippen LogP contribution in [0.5, 0.6) is 11.5 Å². The van der Waals surface area contributed by atoms with Crippen molar-refractivity contribution in [1.82, 2.24) is 0 Å². The molecule has 0 aliphatic rings. The maximum absolute atomic E-state index is 12.8. The number of alkyl halides is 3. The molecule has 0 saturated carbocycles. The van der Waals surface area contributed by atoms with Crippen molar-refractivity contribution in [1.29, 1.82) is 0 Å². The molecule has 8 nitrogen and oxygen atoms in total. The highest BCUT2D eigenvalue weighted by atomic mass is 35.5. The molecule has 0 bridgehead atoms. The minimum absolute atomic E-state index is 0.0304. The first kappa shape index (κ1) is 25.9. The fourth-order valence-corrected chi connectivity index (χ4v) is 4.38. The second-order valence-corrected chi connectivity index (χ2v) is 8.87. The van der Waals surface area contributed by atoms with Gasteiger partial charge in [-0.3, -0.25) is 14.7 Å². The third kappa shape index (κ3) is 7.09. The van der Waals surface area contributed by atoms with Crippen LogP contribution in [0.25, 0.3) is 0 Å². The SMILES string of the molecule is CCOP(=O)(CCNc1cc(Oc2ccc(C(F)(F)F)cc2Cl)ccc1[N+](=O)[O-])OCC. The van der Waals surface area contributed by atoms with E-state index in [1.165, 1.54) is 18.2 Å². The third-order valence-electron chi connectivity index (χ3n) is 4.00. The van der Waals surface area contributed by atoms with E-state index in [1.807, 2.05) is 0 Å². The van der Waals surface area contributed by atoms with E-state index in [0.29, 0.717) is 0 Å². The number of nitro groups is 1. The molecule has 1 N–H and O–H groups in total. The summed E-state index contributed by atoms with van der Waals surface area (Å²) < 4.78 is 66.8. The Morgan fingerprint density at radius 1 is 1.12 bits per heavy atom. The summed E-state index contributed by atoms with van der Waals surface area (Å²) in [6.45, 7) is 3.71. The largest absolute Gasteiger partial charge is 0.456 e. The highest BCUT2D eigenvalue weighted by Crippen LogP contribution is 2.47. The van der Waals surface area contributed by atoms with Crippen LogP contribution in [0.1, 0.15) is 19.4 Å². The Balaban J connectivity index is 2.21. The molecule has 176 valence electrons. The first-order valence-corrected chi connectivity index (χ1v) is 11.5. The molecular weight excluding hydrogens is 476 g/mol. The van der Waals surface area contributed by atoms with E-state index in [4.69, 9.17) is 25.4 Å². The number of ether oxygens (including phenoxy) is 1. The minimum Gasteiger partial charge on any atom is -0.456 e. The molecule has 0 saturated heterocycles. The van der Waals surface area contributed by atoms with Crippen LogP contribution in [-0.2, 0) is 19.8 Å². The van der Waals surface area contributed by atoms with Gasteiger partial charge in [0.05, 0.1) is 34.9 Å². The number of anilines is 1. The molecule has 0 aromatic heterocycles. The molecule has 0 heterocycles. The van der Waals surface area contributed by atoms with E-state index < -0.39 is 24.3 Å². The fraction of sp³-hybridized carbons (Fsp3) is 0.368. The number of halogens is 4. The molecule has 0 amide bonds. The van der Waals surface area contributed by atoms with Gasteiger partial charge in [0.25, 0.3) is 5.69 Å². The van der Waals surface area contributed by atoms with Gasteiger partial charge in [0.2, 0.25) is 0 Å². The van der Waals surface area contributed by atoms with Gasteiger partial charge in [-0.1, -0.05) is 11.6 Å². The van der Waals surface area contributed by atoms with E-state index >= 15 is 0 Å². The summed E-state index contributed by atoms with van der Waals surface area (Å²) in [5.74, 6) is 0.0363. The number of nitrogens with zero attached hydrogens (tertiary/aromatic N) is 1. The van der Waals surface area contributed by atoms with Crippen LogP contribution in [0.3, 0.4) is 0 Å². The highest BCUT2D eigenvalue weighted by molar-refractivity contribution is 7.53. The number of nitrogens with one attached hydrogen (secondary N) is 1. The van der Waals surface area contributed by atoms with Crippen molar-refractivity contribution < 1.29 is 36.4 Å². The zero-order valence-corrected chi connectivity index (χ0v) is 18.8. The first-order chi connectivity index (χ1) is 15.0. The van der Waals surface area contributed by atoms with Gasteiger partial charge < -0.3 is 19.1 Å². The fourth-order valence-electron chi connectivity index (χ4n) is 2.65. The van der Waals surface area contributed by atoms with E-state index in [9.17, 15) is 27.9 Å². The molecule has 0 unspecified atom stereocenters. The maximum Gasteiger partial charge on any atom is 0.416 e.